The lowest BCUT2D eigenvalue weighted by Gasteiger charge is -2.38. The Balaban J connectivity index is 1.56. The molecule has 27 heavy (non-hydrogen) atoms. The average molecular weight is 449 g/mol. The molecule has 0 amide bonds. The summed E-state index contributed by atoms with van der Waals surface area (Å²) in [6, 6.07) is 13.0. The molecule has 1 saturated heterocycles. The first-order valence-electron chi connectivity index (χ1n) is 8.77. The summed E-state index contributed by atoms with van der Waals surface area (Å²) in [7, 11) is 0. The second-order valence-corrected chi connectivity index (χ2v) is 8.03. The minimum Gasteiger partial charge on any atom is -0.480 e. The van der Waals surface area contributed by atoms with Crippen molar-refractivity contribution in [2.24, 2.45) is 0 Å². The molecule has 0 bridgehead atoms. The molecule has 0 saturated carbocycles. The maximum atomic E-state index is 12.1. The number of aliphatic carboxylic acids is 1. The van der Waals surface area contributed by atoms with Crippen molar-refractivity contribution < 1.29 is 9.90 Å². The zero-order chi connectivity index (χ0) is 19.0. The fraction of sp³-hybridized carbons (Fsp3) is 0.250. The van der Waals surface area contributed by atoms with E-state index in [0.29, 0.717) is 18.1 Å². The Morgan fingerprint density at radius 3 is 2.63 bits per heavy atom. The quantitative estimate of drug-likeness (QED) is 0.615. The van der Waals surface area contributed by atoms with Crippen LogP contribution in [-0.4, -0.2) is 47.1 Å². The van der Waals surface area contributed by atoms with Gasteiger partial charge in [0.1, 0.15) is 6.04 Å². The molecule has 1 aromatic heterocycles. The molecule has 1 fully saturated rings. The molecule has 1 aliphatic heterocycles. The van der Waals surface area contributed by atoms with E-state index in [4.69, 9.17) is 11.6 Å². The Bertz CT molecular complexity index is 982. The summed E-state index contributed by atoms with van der Waals surface area (Å²) in [4.78, 5) is 19.6. The number of H-pyrrole nitrogens is 1. The molecule has 2 aromatic carbocycles. The largest absolute Gasteiger partial charge is 0.480 e. The number of aromatic amines is 1. The van der Waals surface area contributed by atoms with E-state index >= 15 is 0 Å². The lowest BCUT2D eigenvalue weighted by molar-refractivity contribution is -0.143. The minimum atomic E-state index is -0.824. The second kappa shape index (κ2) is 7.54. The van der Waals surface area contributed by atoms with E-state index in [9.17, 15) is 9.90 Å². The SMILES string of the molecule is O=C(O)[C@@H](c1c[nH]c2cc(Br)ccc12)N1CCN(c2cccc(Cl)c2)CC1. The van der Waals surface area contributed by atoms with Gasteiger partial charge in [0, 0.05) is 64.0 Å². The highest BCUT2D eigenvalue weighted by atomic mass is 79.9. The van der Waals surface area contributed by atoms with Gasteiger partial charge in [0.15, 0.2) is 0 Å². The smallest absolute Gasteiger partial charge is 0.325 e. The van der Waals surface area contributed by atoms with E-state index in [0.717, 1.165) is 39.7 Å². The molecule has 0 aliphatic carbocycles. The molecule has 3 aromatic rings. The number of fused-ring (bicyclic) bond motifs is 1. The van der Waals surface area contributed by atoms with Gasteiger partial charge >= 0.3 is 5.97 Å². The Hall–Kier alpha value is -2.02. The molecule has 5 nitrogen and oxygen atoms in total. The van der Waals surface area contributed by atoms with Gasteiger partial charge in [-0.15, -0.1) is 0 Å². The number of nitrogens with zero attached hydrogens (tertiary/aromatic N) is 2. The number of carboxylic acid groups (broad SMARTS) is 1. The molecule has 0 unspecified atom stereocenters. The van der Waals surface area contributed by atoms with Crippen LogP contribution in [0.5, 0.6) is 0 Å². The average Bonchev–Trinajstić information content (AvgIpc) is 3.05. The molecule has 0 radical (unpaired) electrons. The lowest BCUT2D eigenvalue weighted by Crippen LogP contribution is -2.49. The van der Waals surface area contributed by atoms with Gasteiger partial charge in [-0.25, -0.2) is 0 Å². The molecular formula is C20H19BrClN3O2. The van der Waals surface area contributed by atoms with Crippen LogP contribution in [0.2, 0.25) is 5.02 Å². The Morgan fingerprint density at radius 2 is 1.93 bits per heavy atom. The van der Waals surface area contributed by atoms with E-state index in [2.05, 4.69) is 25.8 Å². The number of carbonyl (C=O) groups is 1. The monoisotopic (exact) mass is 447 g/mol. The number of rotatable bonds is 4. The lowest BCUT2D eigenvalue weighted by atomic mass is 10.0. The van der Waals surface area contributed by atoms with E-state index < -0.39 is 12.0 Å². The zero-order valence-electron chi connectivity index (χ0n) is 14.5. The molecule has 7 heteroatoms. The van der Waals surface area contributed by atoms with E-state index in [1.807, 2.05) is 53.6 Å². The van der Waals surface area contributed by atoms with Crippen molar-refractivity contribution in [2.45, 2.75) is 6.04 Å². The molecule has 140 valence electrons. The van der Waals surface area contributed by atoms with Gasteiger partial charge in [-0.05, 0) is 30.3 Å². The predicted molar refractivity (Wildman–Crippen MR) is 112 cm³/mol. The first-order valence-corrected chi connectivity index (χ1v) is 9.94. The number of aromatic nitrogens is 1. The Labute approximate surface area is 170 Å². The number of benzene rings is 2. The Kier molecular flexibility index (Phi) is 5.12. The predicted octanol–water partition coefficient (Wildman–Crippen LogP) is 4.53. The van der Waals surface area contributed by atoms with Crippen molar-refractivity contribution in [3.8, 4) is 0 Å². The standard InChI is InChI=1S/C20H19BrClN3O2/c21-13-4-5-16-17(12-23-18(16)10-13)19(20(26)27)25-8-6-24(7-9-25)15-3-1-2-14(22)11-15/h1-5,10-12,19,23H,6-9H2,(H,26,27)/t19-/m1/s1. The van der Waals surface area contributed by atoms with Gasteiger partial charge in [-0.2, -0.15) is 0 Å². The maximum Gasteiger partial charge on any atom is 0.325 e. The number of hydrogen-bond acceptors (Lipinski definition) is 3. The van der Waals surface area contributed by atoms with Crippen molar-refractivity contribution in [2.75, 3.05) is 31.1 Å². The van der Waals surface area contributed by atoms with Crippen molar-refractivity contribution in [3.63, 3.8) is 0 Å². The van der Waals surface area contributed by atoms with Gasteiger partial charge in [0.05, 0.1) is 0 Å². The van der Waals surface area contributed by atoms with Crippen molar-refractivity contribution in [3.05, 3.63) is 63.7 Å². The van der Waals surface area contributed by atoms with E-state index in [-0.39, 0.29) is 0 Å². The van der Waals surface area contributed by atoms with Crippen LogP contribution in [0.4, 0.5) is 5.69 Å². The third kappa shape index (κ3) is 3.70. The third-order valence-corrected chi connectivity index (χ3v) is 5.79. The molecule has 2 N–H and O–H groups in total. The van der Waals surface area contributed by atoms with Crippen LogP contribution >= 0.6 is 27.5 Å². The fourth-order valence-corrected chi connectivity index (χ4v) is 4.29. The van der Waals surface area contributed by atoms with Gasteiger partial charge in [-0.1, -0.05) is 39.7 Å². The van der Waals surface area contributed by atoms with Gasteiger partial charge in [-0.3, -0.25) is 9.69 Å². The molecule has 4 rings (SSSR count). The maximum absolute atomic E-state index is 12.1. The summed E-state index contributed by atoms with van der Waals surface area (Å²) in [6.45, 7) is 2.87. The first-order chi connectivity index (χ1) is 13.0. The van der Waals surface area contributed by atoms with E-state index in [1.165, 1.54) is 0 Å². The van der Waals surface area contributed by atoms with Crippen LogP contribution in [0.1, 0.15) is 11.6 Å². The minimum absolute atomic E-state index is 0.665. The molecular weight excluding hydrogens is 430 g/mol. The number of piperazine rings is 1. The molecule has 1 aliphatic rings. The van der Waals surface area contributed by atoms with E-state index in [1.54, 1.807) is 0 Å². The van der Waals surface area contributed by atoms with Gasteiger partial charge in [0.2, 0.25) is 0 Å². The van der Waals surface area contributed by atoms with Crippen molar-refractivity contribution in [1.82, 2.24) is 9.88 Å². The highest BCUT2D eigenvalue weighted by molar-refractivity contribution is 9.10. The number of halogens is 2. The van der Waals surface area contributed by atoms with Crippen molar-refractivity contribution in [1.29, 1.82) is 0 Å². The highest BCUT2D eigenvalue weighted by Gasteiger charge is 2.32. The normalized spacial score (nSPS) is 16.6. The summed E-state index contributed by atoms with van der Waals surface area (Å²) < 4.78 is 0.963. The number of hydrogen-bond donors (Lipinski definition) is 2. The van der Waals surface area contributed by atoms with Crippen LogP contribution in [0.15, 0.2) is 53.1 Å². The van der Waals surface area contributed by atoms with Crippen LogP contribution in [0.25, 0.3) is 10.9 Å². The first kappa shape index (κ1) is 18.3. The number of anilines is 1. The van der Waals surface area contributed by atoms with Crippen molar-refractivity contribution >= 4 is 50.1 Å². The second-order valence-electron chi connectivity index (χ2n) is 6.68. The highest BCUT2D eigenvalue weighted by Crippen LogP contribution is 2.31. The topological polar surface area (TPSA) is 59.6 Å². The van der Waals surface area contributed by atoms with Gasteiger partial charge in [0.25, 0.3) is 0 Å². The summed E-state index contributed by atoms with van der Waals surface area (Å²) in [6.07, 6.45) is 1.82. The van der Waals surface area contributed by atoms with Gasteiger partial charge < -0.3 is 15.0 Å². The van der Waals surface area contributed by atoms with Crippen LogP contribution in [0, 0.1) is 0 Å². The van der Waals surface area contributed by atoms with Crippen LogP contribution < -0.4 is 4.90 Å². The van der Waals surface area contributed by atoms with Crippen LogP contribution in [0.3, 0.4) is 0 Å². The Morgan fingerprint density at radius 1 is 1.15 bits per heavy atom. The number of nitrogens with one attached hydrogen (secondary N) is 1. The summed E-state index contributed by atoms with van der Waals surface area (Å²) in [5.41, 5.74) is 2.82. The summed E-state index contributed by atoms with van der Waals surface area (Å²) >= 11 is 9.55. The zero-order valence-corrected chi connectivity index (χ0v) is 16.9. The third-order valence-electron chi connectivity index (χ3n) is 5.06. The number of carboxylic acids is 1. The summed E-state index contributed by atoms with van der Waals surface area (Å²) in [5, 5.41) is 11.6. The van der Waals surface area contributed by atoms with Crippen LogP contribution in [-0.2, 0) is 4.79 Å². The molecule has 2 heterocycles. The molecule has 1 atom stereocenters. The molecule has 0 spiro atoms. The summed E-state index contributed by atoms with van der Waals surface area (Å²) in [5.74, 6) is -0.824. The fourth-order valence-electron chi connectivity index (χ4n) is 3.74.